The van der Waals surface area contributed by atoms with Crippen LogP contribution in [0.15, 0.2) is 59.6 Å². The second kappa shape index (κ2) is 9.11. The third kappa shape index (κ3) is 5.99. The zero-order valence-electron chi connectivity index (χ0n) is 17.4. The minimum absolute atomic E-state index is 0.0778. The van der Waals surface area contributed by atoms with Gasteiger partial charge in [0.05, 0.1) is 6.54 Å². The molecule has 2 aromatic rings. The quantitative estimate of drug-likeness (QED) is 0.619. The van der Waals surface area contributed by atoms with Gasteiger partial charge in [-0.25, -0.2) is 4.99 Å². The molecule has 3 rings (SSSR count). The highest BCUT2D eigenvalue weighted by Gasteiger charge is 2.18. The first-order chi connectivity index (χ1) is 13.4. The van der Waals surface area contributed by atoms with Crippen LogP contribution in [0.1, 0.15) is 31.9 Å². The van der Waals surface area contributed by atoms with Gasteiger partial charge in [0.15, 0.2) is 5.96 Å². The lowest BCUT2D eigenvalue weighted by molar-refractivity contribution is 0.249. The number of hydrogen-bond acceptors (Lipinski definition) is 3. The highest BCUT2D eigenvalue weighted by Crippen LogP contribution is 2.18. The molecule has 0 bridgehead atoms. The van der Waals surface area contributed by atoms with E-state index >= 15 is 0 Å². The molecule has 0 saturated carbocycles. The van der Waals surface area contributed by atoms with Gasteiger partial charge in [0.1, 0.15) is 0 Å². The minimum atomic E-state index is -0.0778. The maximum atomic E-state index is 6.04. The monoisotopic (exact) mass is 379 g/mol. The van der Waals surface area contributed by atoms with E-state index in [0.29, 0.717) is 12.5 Å². The Labute approximate surface area is 169 Å². The number of piperazine rings is 1. The number of hydrogen-bond donors (Lipinski definition) is 2. The second-order valence-electron chi connectivity index (χ2n) is 8.44. The van der Waals surface area contributed by atoms with Crippen molar-refractivity contribution in [1.29, 1.82) is 0 Å². The maximum Gasteiger partial charge on any atom is 0.189 e. The van der Waals surface area contributed by atoms with Crippen molar-refractivity contribution in [2.75, 3.05) is 31.1 Å². The van der Waals surface area contributed by atoms with Crippen LogP contribution in [-0.4, -0.2) is 42.6 Å². The summed E-state index contributed by atoms with van der Waals surface area (Å²) in [7, 11) is 0. The smallest absolute Gasteiger partial charge is 0.189 e. The van der Waals surface area contributed by atoms with Gasteiger partial charge in [-0.15, -0.1) is 0 Å². The van der Waals surface area contributed by atoms with Gasteiger partial charge in [-0.2, -0.15) is 0 Å². The van der Waals surface area contributed by atoms with Crippen molar-refractivity contribution >= 4 is 11.6 Å². The molecule has 5 nitrogen and oxygen atoms in total. The van der Waals surface area contributed by atoms with Crippen molar-refractivity contribution in [3.8, 4) is 0 Å². The summed E-state index contributed by atoms with van der Waals surface area (Å²) >= 11 is 0. The molecule has 0 radical (unpaired) electrons. The van der Waals surface area contributed by atoms with E-state index in [-0.39, 0.29) is 5.54 Å². The molecule has 150 valence electrons. The van der Waals surface area contributed by atoms with E-state index in [1.807, 2.05) is 0 Å². The Kier molecular flexibility index (Phi) is 6.57. The van der Waals surface area contributed by atoms with E-state index < -0.39 is 0 Å². The van der Waals surface area contributed by atoms with Crippen molar-refractivity contribution < 1.29 is 0 Å². The largest absolute Gasteiger partial charge is 0.370 e. The first-order valence-corrected chi connectivity index (χ1v) is 10.1. The van der Waals surface area contributed by atoms with E-state index in [0.717, 1.165) is 32.7 Å². The predicted molar refractivity (Wildman–Crippen MR) is 119 cm³/mol. The highest BCUT2D eigenvalue weighted by molar-refractivity contribution is 5.78. The summed E-state index contributed by atoms with van der Waals surface area (Å²) in [5.74, 6) is 0.499. The third-order valence-electron chi connectivity index (χ3n) is 4.93. The second-order valence-corrected chi connectivity index (χ2v) is 8.44. The molecule has 1 saturated heterocycles. The summed E-state index contributed by atoms with van der Waals surface area (Å²) < 4.78 is 0. The lowest BCUT2D eigenvalue weighted by Crippen LogP contribution is -2.46. The Bertz CT molecular complexity index is 771. The molecule has 1 heterocycles. The minimum Gasteiger partial charge on any atom is -0.370 e. The van der Waals surface area contributed by atoms with Crippen LogP contribution in [0.5, 0.6) is 0 Å². The average Bonchev–Trinajstić information content (AvgIpc) is 2.67. The molecule has 0 atom stereocenters. The molecule has 2 aromatic carbocycles. The standard InChI is InChI=1S/C23H33N5/c1-23(2,3)26-22(24)25-17-19-9-7-8-10-20(19)18-27-13-15-28(16-14-27)21-11-5-4-6-12-21/h4-12H,13-18H2,1-3H3,(H3,24,25,26). The van der Waals surface area contributed by atoms with Gasteiger partial charge in [-0.1, -0.05) is 42.5 Å². The number of aliphatic imine (C=N–C) groups is 1. The van der Waals surface area contributed by atoms with Crippen LogP contribution in [0, 0.1) is 0 Å². The molecule has 3 N–H and O–H groups in total. The van der Waals surface area contributed by atoms with Crippen LogP contribution in [0.3, 0.4) is 0 Å². The van der Waals surface area contributed by atoms with Gasteiger partial charge in [0.2, 0.25) is 0 Å². The summed E-state index contributed by atoms with van der Waals surface area (Å²) in [6.45, 7) is 12.1. The zero-order chi connectivity index (χ0) is 20.0. The van der Waals surface area contributed by atoms with E-state index in [4.69, 9.17) is 5.73 Å². The van der Waals surface area contributed by atoms with Gasteiger partial charge >= 0.3 is 0 Å². The van der Waals surface area contributed by atoms with Crippen molar-refractivity contribution in [2.24, 2.45) is 10.7 Å². The fourth-order valence-corrected chi connectivity index (χ4v) is 3.50. The average molecular weight is 380 g/mol. The van der Waals surface area contributed by atoms with E-state index in [1.165, 1.54) is 16.8 Å². The number of rotatable bonds is 5. The van der Waals surface area contributed by atoms with Crippen molar-refractivity contribution in [1.82, 2.24) is 10.2 Å². The van der Waals surface area contributed by atoms with Gasteiger partial charge in [-0.3, -0.25) is 4.90 Å². The third-order valence-corrected chi connectivity index (χ3v) is 4.93. The molecule has 1 aliphatic heterocycles. The van der Waals surface area contributed by atoms with Gasteiger partial charge in [-0.05, 0) is 44.0 Å². The van der Waals surface area contributed by atoms with Crippen LogP contribution in [0.25, 0.3) is 0 Å². The zero-order valence-corrected chi connectivity index (χ0v) is 17.4. The van der Waals surface area contributed by atoms with E-state index in [2.05, 4.69) is 95.5 Å². The number of guanidine groups is 1. The predicted octanol–water partition coefficient (Wildman–Crippen LogP) is 3.21. The van der Waals surface area contributed by atoms with E-state index in [1.54, 1.807) is 0 Å². The number of nitrogens with one attached hydrogen (secondary N) is 1. The normalized spacial score (nSPS) is 16.2. The number of nitrogens with two attached hydrogens (primary N) is 1. The Balaban J connectivity index is 1.58. The summed E-state index contributed by atoms with van der Waals surface area (Å²) in [5, 5.41) is 3.22. The lowest BCUT2D eigenvalue weighted by Gasteiger charge is -2.36. The summed E-state index contributed by atoms with van der Waals surface area (Å²) in [6.07, 6.45) is 0. The highest BCUT2D eigenvalue weighted by atomic mass is 15.3. The molecule has 0 amide bonds. The maximum absolute atomic E-state index is 6.04. The van der Waals surface area contributed by atoms with Gasteiger partial charge < -0.3 is 16.0 Å². The van der Waals surface area contributed by atoms with Crippen LogP contribution >= 0.6 is 0 Å². The van der Waals surface area contributed by atoms with E-state index in [9.17, 15) is 0 Å². The summed E-state index contributed by atoms with van der Waals surface area (Å²) in [4.78, 5) is 9.53. The molecular formula is C23H33N5. The van der Waals surface area contributed by atoms with Crippen LogP contribution in [0.2, 0.25) is 0 Å². The molecule has 0 aromatic heterocycles. The molecule has 0 aliphatic carbocycles. The van der Waals surface area contributed by atoms with Gasteiger partial charge in [0.25, 0.3) is 0 Å². The van der Waals surface area contributed by atoms with Crippen molar-refractivity contribution in [3.05, 3.63) is 65.7 Å². The van der Waals surface area contributed by atoms with Crippen LogP contribution in [-0.2, 0) is 13.1 Å². The Morgan fingerprint density at radius 1 is 0.929 bits per heavy atom. The van der Waals surface area contributed by atoms with Crippen molar-refractivity contribution in [3.63, 3.8) is 0 Å². The van der Waals surface area contributed by atoms with Crippen LogP contribution < -0.4 is 16.0 Å². The topological polar surface area (TPSA) is 56.9 Å². The molecular weight excluding hydrogens is 346 g/mol. The molecule has 1 fully saturated rings. The Hall–Kier alpha value is -2.53. The van der Waals surface area contributed by atoms with Gasteiger partial charge in [0, 0.05) is 44.0 Å². The number of nitrogens with zero attached hydrogens (tertiary/aromatic N) is 3. The number of para-hydroxylation sites is 1. The Morgan fingerprint density at radius 3 is 2.18 bits per heavy atom. The van der Waals surface area contributed by atoms with Crippen molar-refractivity contribution in [2.45, 2.75) is 39.4 Å². The molecule has 0 unspecified atom stereocenters. The van der Waals surface area contributed by atoms with Crippen LogP contribution in [0.4, 0.5) is 5.69 Å². The summed E-state index contributed by atoms with van der Waals surface area (Å²) in [6, 6.07) is 19.2. The lowest BCUT2D eigenvalue weighted by atomic mass is 10.1. The number of benzene rings is 2. The molecule has 5 heteroatoms. The fraction of sp³-hybridized carbons (Fsp3) is 0.435. The molecule has 28 heavy (non-hydrogen) atoms. The number of anilines is 1. The first-order valence-electron chi connectivity index (χ1n) is 10.1. The molecule has 1 aliphatic rings. The molecule has 0 spiro atoms. The Morgan fingerprint density at radius 2 is 1.54 bits per heavy atom. The fourth-order valence-electron chi connectivity index (χ4n) is 3.50. The summed E-state index contributed by atoms with van der Waals surface area (Å²) in [5.41, 5.74) is 9.85. The first kappa shape index (κ1) is 20.2. The SMILES string of the molecule is CC(C)(C)NC(N)=NCc1ccccc1CN1CCN(c2ccccc2)CC1.